The number of nitrogens with one attached hydrogen (secondary N) is 1. The largest absolute Gasteiger partial charge is 0.373 e. The Bertz CT molecular complexity index is 743. The number of rotatable bonds is 2. The Balaban J connectivity index is 0.000000229. The number of allylic oxidation sites excluding steroid dienone is 1. The molecule has 0 aromatic carbocycles. The zero-order valence-electron chi connectivity index (χ0n) is 12.9. The molecule has 3 nitrogen and oxygen atoms in total. The number of hydrogen-bond acceptors (Lipinski definition) is 4. The summed E-state index contributed by atoms with van der Waals surface area (Å²) in [5.41, 5.74) is 7.25. The van der Waals surface area contributed by atoms with E-state index in [4.69, 9.17) is 28.9 Å². The fourth-order valence-corrected chi connectivity index (χ4v) is 3.50. The van der Waals surface area contributed by atoms with Gasteiger partial charge in [-0.2, -0.15) is 0 Å². The highest BCUT2D eigenvalue weighted by Crippen LogP contribution is 2.35. The molecule has 1 aliphatic carbocycles. The number of halogens is 2. The number of anilines is 1. The second-order valence-corrected chi connectivity index (χ2v) is 6.75. The van der Waals surface area contributed by atoms with Crippen LogP contribution in [0.2, 0.25) is 10.2 Å². The Kier molecular flexibility index (Phi) is 7.19. The third-order valence-corrected chi connectivity index (χ3v) is 4.92. The fourth-order valence-electron chi connectivity index (χ4n) is 2.13. The quantitative estimate of drug-likeness (QED) is 0.441. The standard InChI is InChI=1S/C11H8Cl2N2S.C6H11N/c1-2-3-4-14-8-5-9(13)15-10-7(12)6-16-11(8)10;7-6-4-2-1-3-5-6/h5-6H,4H2,1H3,(H,14,15);1-2,6H,3-5,7H2. The summed E-state index contributed by atoms with van der Waals surface area (Å²) < 4.78 is 1.01. The smallest absolute Gasteiger partial charge is 0.131 e. The third-order valence-electron chi connectivity index (χ3n) is 3.30. The first-order chi connectivity index (χ1) is 11.1. The third kappa shape index (κ3) is 5.40. The molecule has 1 aliphatic rings. The van der Waals surface area contributed by atoms with Gasteiger partial charge in [-0.15, -0.1) is 17.3 Å². The lowest BCUT2D eigenvalue weighted by molar-refractivity contribution is 0.606. The molecule has 0 aliphatic heterocycles. The molecule has 0 fully saturated rings. The van der Waals surface area contributed by atoms with Crippen LogP contribution in [0, 0.1) is 11.8 Å². The van der Waals surface area contributed by atoms with Gasteiger partial charge in [0.1, 0.15) is 10.7 Å². The van der Waals surface area contributed by atoms with Crippen LogP contribution >= 0.6 is 34.5 Å². The average molecular weight is 368 g/mol. The molecule has 0 bridgehead atoms. The molecule has 2 heterocycles. The van der Waals surface area contributed by atoms with E-state index in [0.29, 0.717) is 22.8 Å². The number of fused-ring (bicyclic) bond motifs is 1. The van der Waals surface area contributed by atoms with Crippen molar-refractivity contribution in [2.24, 2.45) is 5.73 Å². The van der Waals surface area contributed by atoms with Crippen molar-refractivity contribution in [3.05, 3.63) is 33.8 Å². The molecule has 3 rings (SSSR count). The van der Waals surface area contributed by atoms with E-state index in [1.165, 1.54) is 12.8 Å². The number of nitrogens with two attached hydrogens (primary N) is 1. The van der Waals surface area contributed by atoms with Gasteiger partial charge in [0.25, 0.3) is 0 Å². The first kappa shape index (κ1) is 18.1. The Morgan fingerprint density at radius 2 is 2.26 bits per heavy atom. The van der Waals surface area contributed by atoms with Gasteiger partial charge in [0, 0.05) is 17.5 Å². The SMILES string of the molecule is CC#CCNc1cc(Cl)nc2c(Cl)csc12.NC1CC=CCC1. The molecule has 23 heavy (non-hydrogen) atoms. The molecule has 0 saturated heterocycles. The Hall–Kier alpha value is -1.25. The van der Waals surface area contributed by atoms with Gasteiger partial charge >= 0.3 is 0 Å². The Labute approximate surface area is 150 Å². The van der Waals surface area contributed by atoms with E-state index >= 15 is 0 Å². The van der Waals surface area contributed by atoms with E-state index in [1.54, 1.807) is 24.3 Å². The molecule has 0 saturated carbocycles. The van der Waals surface area contributed by atoms with Gasteiger partial charge in [0.15, 0.2) is 0 Å². The van der Waals surface area contributed by atoms with Gasteiger partial charge in [-0.3, -0.25) is 0 Å². The van der Waals surface area contributed by atoms with Crippen molar-refractivity contribution < 1.29 is 0 Å². The van der Waals surface area contributed by atoms with E-state index in [-0.39, 0.29) is 0 Å². The van der Waals surface area contributed by atoms with Crippen molar-refractivity contribution in [2.45, 2.75) is 32.2 Å². The summed E-state index contributed by atoms with van der Waals surface area (Å²) in [7, 11) is 0. The highest BCUT2D eigenvalue weighted by atomic mass is 35.5. The molecule has 0 radical (unpaired) electrons. The van der Waals surface area contributed by atoms with Crippen molar-refractivity contribution in [1.29, 1.82) is 0 Å². The van der Waals surface area contributed by atoms with E-state index in [0.717, 1.165) is 22.3 Å². The second kappa shape index (κ2) is 9.14. The van der Waals surface area contributed by atoms with Gasteiger partial charge in [0.2, 0.25) is 0 Å². The predicted molar refractivity (Wildman–Crippen MR) is 103 cm³/mol. The van der Waals surface area contributed by atoms with Crippen LogP contribution < -0.4 is 11.1 Å². The molecule has 0 amide bonds. The maximum atomic E-state index is 6.01. The lowest BCUT2D eigenvalue weighted by Gasteiger charge is -2.09. The molecule has 1 unspecified atom stereocenters. The van der Waals surface area contributed by atoms with Gasteiger partial charge in [-0.05, 0) is 26.2 Å². The first-order valence-electron chi connectivity index (χ1n) is 7.39. The van der Waals surface area contributed by atoms with Crippen molar-refractivity contribution in [3.8, 4) is 11.8 Å². The van der Waals surface area contributed by atoms with E-state index in [1.807, 2.05) is 5.38 Å². The summed E-state index contributed by atoms with van der Waals surface area (Å²) in [6.45, 7) is 2.39. The van der Waals surface area contributed by atoms with Crippen molar-refractivity contribution >= 4 is 50.4 Å². The fraction of sp³-hybridized carbons (Fsp3) is 0.353. The molecule has 2 aromatic heterocycles. The summed E-state index contributed by atoms with van der Waals surface area (Å²) in [5.74, 6) is 5.76. The minimum Gasteiger partial charge on any atom is -0.373 e. The number of aromatic nitrogens is 1. The normalized spacial score (nSPS) is 16.3. The van der Waals surface area contributed by atoms with Crippen molar-refractivity contribution in [3.63, 3.8) is 0 Å². The van der Waals surface area contributed by atoms with Gasteiger partial charge in [0.05, 0.1) is 22.0 Å². The summed E-state index contributed by atoms with van der Waals surface area (Å²) in [5, 5.41) is 6.11. The Morgan fingerprint density at radius 3 is 2.87 bits per heavy atom. The van der Waals surface area contributed by atoms with Gasteiger partial charge in [-0.1, -0.05) is 41.3 Å². The summed E-state index contributed by atoms with van der Waals surface area (Å²) in [6.07, 6.45) is 7.80. The predicted octanol–water partition coefficient (Wildman–Crippen LogP) is 5.09. The molecular weight excluding hydrogens is 349 g/mol. The van der Waals surface area contributed by atoms with Crippen LogP contribution in [-0.4, -0.2) is 17.6 Å². The van der Waals surface area contributed by atoms with Crippen molar-refractivity contribution in [2.75, 3.05) is 11.9 Å². The average Bonchev–Trinajstić information content (AvgIpc) is 2.90. The van der Waals surface area contributed by atoms with Gasteiger partial charge in [-0.25, -0.2) is 4.98 Å². The summed E-state index contributed by atoms with van der Waals surface area (Å²) in [4.78, 5) is 4.19. The number of thiophene rings is 1. The minimum absolute atomic E-state index is 0.430. The lowest BCUT2D eigenvalue weighted by Crippen LogP contribution is -2.19. The van der Waals surface area contributed by atoms with E-state index < -0.39 is 0 Å². The number of nitrogens with zero attached hydrogens (tertiary/aromatic N) is 1. The molecule has 2 aromatic rings. The first-order valence-corrected chi connectivity index (χ1v) is 9.02. The maximum absolute atomic E-state index is 6.01. The molecule has 6 heteroatoms. The van der Waals surface area contributed by atoms with Crippen LogP contribution in [0.1, 0.15) is 26.2 Å². The van der Waals surface area contributed by atoms with Crippen LogP contribution in [-0.2, 0) is 0 Å². The molecule has 122 valence electrons. The molecular formula is C17H19Cl2N3S. The monoisotopic (exact) mass is 367 g/mol. The van der Waals surface area contributed by atoms with Gasteiger partial charge < -0.3 is 11.1 Å². The highest BCUT2D eigenvalue weighted by molar-refractivity contribution is 7.18. The minimum atomic E-state index is 0.430. The lowest BCUT2D eigenvalue weighted by atomic mass is 10.0. The van der Waals surface area contributed by atoms with Crippen LogP contribution in [0.5, 0.6) is 0 Å². The van der Waals surface area contributed by atoms with Crippen LogP contribution in [0.3, 0.4) is 0 Å². The summed E-state index contributed by atoms with van der Waals surface area (Å²) >= 11 is 13.5. The van der Waals surface area contributed by atoms with Crippen LogP contribution in [0.25, 0.3) is 10.2 Å². The zero-order valence-corrected chi connectivity index (χ0v) is 15.2. The van der Waals surface area contributed by atoms with E-state index in [2.05, 4.69) is 34.3 Å². The van der Waals surface area contributed by atoms with Crippen LogP contribution in [0.15, 0.2) is 23.6 Å². The molecule has 3 N–H and O–H groups in total. The second-order valence-electron chi connectivity index (χ2n) is 5.08. The Morgan fingerprint density at radius 1 is 1.43 bits per heavy atom. The van der Waals surface area contributed by atoms with Crippen LogP contribution in [0.4, 0.5) is 5.69 Å². The van der Waals surface area contributed by atoms with Crippen molar-refractivity contribution in [1.82, 2.24) is 4.98 Å². The molecule has 1 atom stereocenters. The zero-order chi connectivity index (χ0) is 16.7. The van der Waals surface area contributed by atoms with E-state index in [9.17, 15) is 0 Å². The molecule has 0 spiro atoms. The number of pyridine rings is 1. The number of hydrogen-bond donors (Lipinski definition) is 2. The maximum Gasteiger partial charge on any atom is 0.131 e. The summed E-state index contributed by atoms with van der Waals surface area (Å²) in [6, 6.07) is 2.23. The highest BCUT2D eigenvalue weighted by Gasteiger charge is 2.09. The topological polar surface area (TPSA) is 50.9 Å².